The van der Waals surface area contributed by atoms with Crippen LogP contribution in [0.15, 0.2) is 30.3 Å². The summed E-state index contributed by atoms with van der Waals surface area (Å²) in [6.07, 6.45) is 1.18. The van der Waals surface area contributed by atoms with E-state index in [1.165, 1.54) is 0 Å². The van der Waals surface area contributed by atoms with Gasteiger partial charge in [-0.1, -0.05) is 30.3 Å². The maximum atomic E-state index is 10.9. The zero-order valence-corrected chi connectivity index (χ0v) is 8.16. The SMILES string of the molecule is CS(=O)(=O)[C@H](O)Cc1ccccc1. The van der Waals surface area contributed by atoms with Crippen LogP contribution in [0.1, 0.15) is 5.56 Å². The lowest BCUT2D eigenvalue weighted by Crippen LogP contribution is -2.21. The van der Waals surface area contributed by atoms with Crippen molar-refractivity contribution in [2.24, 2.45) is 0 Å². The Morgan fingerprint density at radius 3 is 2.31 bits per heavy atom. The fraction of sp³-hybridized carbons (Fsp3) is 0.333. The van der Waals surface area contributed by atoms with Crippen LogP contribution in [0.3, 0.4) is 0 Å². The van der Waals surface area contributed by atoms with Crippen LogP contribution in [0.4, 0.5) is 0 Å². The number of hydrogen-bond donors (Lipinski definition) is 1. The van der Waals surface area contributed by atoms with E-state index in [-0.39, 0.29) is 6.42 Å². The van der Waals surface area contributed by atoms with E-state index in [1.807, 2.05) is 18.2 Å². The Morgan fingerprint density at radius 2 is 1.85 bits per heavy atom. The molecule has 3 nitrogen and oxygen atoms in total. The van der Waals surface area contributed by atoms with Crippen LogP contribution in [-0.2, 0) is 16.3 Å². The van der Waals surface area contributed by atoms with E-state index in [9.17, 15) is 13.5 Å². The highest BCUT2D eigenvalue weighted by Gasteiger charge is 2.16. The standard InChI is InChI=1S/C9H12O3S/c1-13(11,12)9(10)7-8-5-3-2-4-6-8/h2-6,9-10H,7H2,1H3/t9-/m0/s1. The Morgan fingerprint density at radius 1 is 1.31 bits per heavy atom. The van der Waals surface area contributed by atoms with Crippen molar-refractivity contribution < 1.29 is 13.5 Å². The number of aliphatic hydroxyl groups excluding tert-OH is 1. The molecular formula is C9H12O3S. The molecule has 0 amide bonds. The second-order valence-electron chi connectivity index (χ2n) is 2.97. The molecule has 72 valence electrons. The molecular weight excluding hydrogens is 188 g/mol. The largest absolute Gasteiger partial charge is 0.377 e. The Labute approximate surface area is 77.9 Å². The summed E-state index contributed by atoms with van der Waals surface area (Å²) in [5, 5.41) is 9.25. The van der Waals surface area contributed by atoms with E-state index in [0.29, 0.717) is 0 Å². The van der Waals surface area contributed by atoms with Gasteiger partial charge in [0.1, 0.15) is 0 Å². The van der Waals surface area contributed by atoms with Crippen LogP contribution in [0.25, 0.3) is 0 Å². The minimum atomic E-state index is -3.35. The average molecular weight is 200 g/mol. The summed E-state index contributed by atoms with van der Waals surface area (Å²) >= 11 is 0. The zero-order chi connectivity index (χ0) is 9.90. The predicted octanol–water partition coefficient (Wildman–Crippen LogP) is 0.592. The summed E-state index contributed by atoms with van der Waals surface area (Å²) in [5.41, 5.74) is -0.477. The first-order valence-corrected chi connectivity index (χ1v) is 5.86. The number of hydrogen-bond acceptors (Lipinski definition) is 3. The smallest absolute Gasteiger partial charge is 0.174 e. The van der Waals surface area contributed by atoms with Crippen molar-refractivity contribution in [1.82, 2.24) is 0 Å². The number of rotatable bonds is 3. The summed E-state index contributed by atoms with van der Waals surface area (Å²) in [7, 11) is -3.35. The summed E-state index contributed by atoms with van der Waals surface area (Å²) in [6.45, 7) is 0. The quantitative estimate of drug-likeness (QED) is 0.777. The summed E-state index contributed by atoms with van der Waals surface area (Å²) in [5.74, 6) is 0. The summed E-state index contributed by atoms with van der Waals surface area (Å²) in [4.78, 5) is 0. The maximum absolute atomic E-state index is 10.9. The normalized spacial score (nSPS) is 14.0. The van der Waals surface area contributed by atoms with Crippen molar-refractivity contribution in [3.05, 3.63) is 35.9 Å². The molecule has 1 N–H and O–H groups in total. The molecule has 1 atom stereocenters. The van der Waals surface area contributed by atoms with Gasteiger partial charge in [0.05, 0.1) is 0 Å². The van der Waals surface area contributed by atoms with Gasteiger partial charge in [-0.2, -0.15) is 0 Å². The molecule has 1 aromatic rings. The zero-order valence-electron chi connectivity index (χ0n) is 7.34. The van der Waals surface area contributed by atoms with Crippen molar-refractivity contribution in [1.29, 1.82) is 0 Å². The Hall–Kier alpha value is -0.870. The van der Waals surface area contributed by atoms with Crippen molar-refractivity contribution in [3.63, 3.8) is 0 Å². The summed E-state index contributed by atoms with van der Waals surface area (Å²) < 4.78 is 21.8. The monoisotopic (exact) mass is 200 g/mol. The van der Waals surface area contributed by atoms with E-state index in [0.717, 1.165) is 11.8 Å². The first-order chi connectivity index (χ1) is 6.00. The van der Waals surface area contributed by atoms with Gasteiger partial charge in [-0.3, -0.25) is 0 Å². The first-order valence-electron chi connectivity index (χ1n) is 3.91. The Bertz CT molecular complexity index is 356. The molecule has 0 heterocycles. The van der Waals surface area contributed by atoms with Crippen molar-refractivity contribution in [2.75, 3.05) is 6.26 Å². The van der Waals surface area contributed by atoms with Gasteiger partial charge < -0.3 is 5.11 Å². The molecule has 0 unspecified atom stereocenters. The molecule has 0 aliphatic rings. The fourth-order valence-corrected chi connectivity index (χ4v) is 1.46. The number of benzene rings is 1. The van der Waals surface area contributed by atoms with Crippen LogP contribution in [-0.4, -0.2) is 25.2 Å². The highest BCUT2D eigenvalue weighted by molar-refractivity contribution is 7.91. The lowest BCUT2D eigenvalue weighted by atomic mass is 10.2. The third-order valence-corrected chi connectivity index (χ3v) is 2.90. The molecule has 1 rings (SSSR count). The molecule has 0 aromatic heterocycles. The van der Waals surface area contributed by atoms with Crippen LogP contribution in [0.5, 0.6) is 0 Å². The molecule has 0 radical (unpaired) electrons. The minimum Gasteiger partial charge on any atom is -0.377 e. The Balaban J connectivity index is 2.72. The highest BCUT2D eigenvalue weighted by Crippen LogP contribution is 2.06. The van der Waals surface area contributed by atoms with E-state index in [4.69, 9.17) is 0 Å². The number of aliphatic hydroxyl groups is 1. The van der Waals surface area contributed by atoms with E-state index in [1.54, 1.807) is 12.1 Å². The van der Waals surface area contributed by atoms with E-state index >= 15 is 0 Å². The Kier molecular flexibility index (Phi) is 3.06. The highest BCUT2D eigenvalue weighted by atomic mass is 32.2. The van der Waals surface area contributed by atoms with Crippen molar-refractivity contribution in [3.8, 4) is 0 Å². The second-order valence-corrected chi connectivity index (χ2v) is 5.18. The molecule has 0 bridgehead atoms. The van der Waals surface area contributed by atoms with Gasteiger partial charge in [-0.25, -0.2) is 8.42 Å². The van der Waals surface area contributed by atoms with Gasteiger partial charge in [0.25, 0.3) is 0 Å². The van der Waals surface area contributed by atoms with Gasteiger partial charge in [-0.15, -0.1) is 0 Å². The lowest BCUT2D eigenvalue weighted by molar-refractivity contribution is 0.250. The van der Waals surface area contributed by atoms with Gasteiger partial charge in [0, 0.05) is 12.7 Å². The van der Waals surface area contributed by atoms with Gasteiger partial charge in [-0.05, 0) is 5.56 Å². The average Bonchev–Trinajstić information content (AvgIpc) is 2.04. The van der Waals surface area contributed by atoms with Crippen LogP contribution < -0.4 is 0 Å². The minimum absolute atomic E-state index is 0.152. The van der Waals surface area contributed by atoms with Gasteiger partial charge in [0.15, 0.2) is 15.3 Å². The van der Waals surface area contributed by atoms with Gasteiger partial charge >= 0.3 is 0 Å². The predicted molar refractivity (Wildman–Crippen MR) is 51.0 cm³/mol. The molecule has 13 heavy (non-hydrogen) atoms. The maximum Gasteiger partial charge on any atom is 0.174 e. The molecule has 0 fully saturated rings. The molecule has 0 aliphatic carbocycles. The van der Waals surface area contributed by atoms with Crippen molar-refractivity contribution in [2.45, 2.75) is 11.9 Å². The fourth-order valence-electron chi connectivity index (χ4n) is 0.967. The van der Waals surface area contributed by atoms with Crippen LogP contribution in [0, 0.1) is 0 Å². The third-order valence-electron chi connectivity index (χ3n) is 1.75. The molecule has 1 aromatic carbocycles. The van der Waals surface area contributed by atoms with E-state index in [2.05, 4.69) is 0 Å². The summed E-state index contributed by atoms with van der Waals surface area (Å²) in [6, 6.07) is 9.04. The molecule has 0 aliphatic heterocycles. The molecule has 0 saturated carbocycles. The second kappa shape index (κ2) is 3.89. The van der Waals surface area contributed by atoms with Gasteiger partial charge in [0.2, 0.25) is 0 Å². The number of sulfone groups is 1. The topological polar surface area (TPSA) is 54.4 Å². The van der Waals surface area contributed by atoms with E-state index < -0.39 is 15.3 Å². The van der Waals surface area contributed by atoms with Crippen molar-refractivity contribution >= 4 is 9.84 Å². The lowest BCUT2D eigenvalue weighted by Gasteiger charge is -2.07. The molecule has 0 saturated heterocycles. The first kappa shape index (κ1) is 10.2. The molecule has 4 heteroatoms. The van der Waals surface area contributed by atoms with Crippen LogP contribution >= 0.6 is 0 Å². The molecule has 0 spiro atoms. The third kappa shape index (κ3) is 3.16. The van der Waals surface area contributed by atoms with Crippen LogP contribution in [0.2, 0.25) is 0 Å².